The van der Waals surface area contributed by atoms with Crippen molar-refractivity contribution < 1.29 is 9.85 Å². The van der Waals surface area contributed by atoms with Gasteiger partial charge in [-0.25, -0.2) is 0 Å². The van der Waals surface area contributed by atoms with E-state index >= 15 is 0 Å². The van der Waals surface area contributed by atoms with Crippen LogP contribution in [0.25, 0.3) is 0 Å². The maximum Gasteiger partial charge on any atom is 0.277 e. The minimum Gasteiger partial charge on any atom is -0.368 e. The van der Waals surface area contributed by atoms with Gasteiger partial charge in [-0.3, -0.25) is 20.2 Å². The van der Waals surface area contributed by atoms with Crippen LogP contribution < -0.4 is 5.32 Å². The molecule has 1 N–H and O–H groups in total. The quantitative estimate of drug-likeness (QED) is 0.397. The van der Waals surface area contributed by atoms with E-state index in [2.05, 4.69) is 17.2 Å². The van der Waals surface area contributed by atoms with Gasteiger partial charge in [-0.2, -0.15) is 0 Å². The molecule has 0 bridgehead atoms. The number of nitrogens with one attached hydrogen (secondary N) is 1. The van der Waals surface area contributed by atoms with E-state index in [1.54, 1.807) is 0 Å². The number of nitro benzene ring substituents is 2. The van der Waals surface area contributed by atoms with Gasteiger partial charge in [0.2, 0.25) is 0 Å². The molecule has 0 heterocycles. The molecule has 7 nitrogen and oxygen atoms in total. The number of para-hydroxylation sites is 1. The summed E-state index contributed by atoms with van der Waals surface area (Å²) in [6.07, 6.45) is 0. The Balaban J connectivity index is 1.99. The number of non-ortho nitro benzene ring substituents is 2. The molecule has 0 aliphatic heterocycles. The highest BCUT2D eigenvalue weighted by molar-refractivity contribution is 5.54. The number of nitrogens with zero attached hydrogens (tertiary/aromatic N) is 2. The second-order valence-corrected chi connectivity index (χ2v) is 5.88. The third kappa shape index (κ3) is 4.71. The summed E-state index contributed by atoms with van der Waals surface area (Å²) in [6, 6.07) is 21.9. The van der Waals surface area contributed by atoms with Crippen molar-refractivity contribution in [3.8, 4) is 11.8 Å². The van der Waals surface area contributed by atoms with E-state index in [1.807, 2.05) is 60.7 Å². The number of hydrogen-bond acceptors (Lipinski definition) is 5. The first-order valence-electron chi connectivity index (χ1n) is 8.35. The fraction of sp³-hybridized carbons (Fsp3) is 0.0476. The molecule has 3 rings (SSSR count). The normalized spacial score (nSPS) is 11.0. The lowest BCUT2D eigenvalue weighted by Gasteiger charge is -2.15. The predicted molar refractivity (Wildman–Crippen MR) is 106 cm³/mol. The topological polar surface area (TPSA) is 98.3 Å². The molecule has 138 valence electrons. The second kappa shape index (κ2) is 8.47. The van der Waals surface area contributed by atoms with Gasteiger partial charge in [-0.05, 0) is 17.7 Å². The number of nitro groups is 2. The van der Waals surface area contributed by atoms with E-state index in [4.69, 9.17) is 0 Å². The molecular formula is C21H15N3O4. The number of benzene rings is 3. The molecule has 1 atom stereocenters. The van der Waals surface area contributed by atoms with Crippen LogP contribution in [-0.4, -0.2) is 9.85 Å². The van der Waals surface area contributed by atoms with Crippen LogP contribution in [0.1, 0.15) is 17.2 Å². The molecule has 0 unspecified atom stereocenters. The summed E-state index contributed by atoms with van der Waals surface area (Å²) in [7, 11) is 0. The lowest BCUT2D eigenvalue weighted by Crippen LogP contribution is -2.08. The van der Waals surface area contributed by atoms with Crippen LogP contribution in [-0.2, 0) is 0 Å². The van der Waals surface area contributed by atoms with Crippen molar-refractivity contribution in [2.24, 2.45) is 0 Å². The van der Waals surface area contributed by atoms with Crippen LogP contribution in [0.5, 0.6) is 0 Å². The largest absolute Gasteiger partial charge is 0.368 e. The average molecular weight is 373 g/mol. The molecule has 0 radical (unpaired) electrons. The van der Waals surface area contributed by atoms with Gasteiger partial charge in [0.1, 0.15) is 6.04 Å². The van der Waals surface area contributed by atoms with Crippen LogP contribution in [0.15, 0.2) is 78.9 Å². The predicted octanol–water partition coefficient (Wildman–Crippen LogP) is 4.71. The zero-order chi connectivity index (χ0) is 19.9. The van der Waals surface area contributed by atoms with Gasteiger partial charge in [0, 0.05) is 23.4 Å². The van der Waals surface area contributed by atoms with Gasteiger partial charge in [0.05, 0.1) is 15.9 Å². The maximum atomic E-state index is 11.1. The van der Waals surface area contributed by atoms with Crippen molar-refractivity contribution in [1.82, 2.24) is 0 Å². The minimum atomic E-state index is -0.672. The first-order chi connectivity index (χ1) is 13.5. The first kappa shape index (κ1) is 18.6. The average Bonchev–Trinajstić information content (AvgIpc) is 2.72. The summed E-state index contributed by atoms with van der Waals surface area (Å²) in [4.78, 5) is 20.8. The third-order valence-electron chi connectivity index (χ3n) is 3.90. The van der Waals surface area contributed by atoms with Crippen molar-refractivity contribution in [1.29, 1.82) is 0 Å². The van der Waals surface area contributed by atoms with Crippen LogP contribution in [0, 0.1) is 32.1 Å². The van der Waals surface area contributed by atoms with E-state index < -0.39 is 15.9 Å². The maximum absolute atomic E-state index is 11.1. The van der Waals surface area contributed by atoms with Gasteiger partial charge in [-0.1, -0.05) is 60.4 Å². The van der Waals surface area contributed by atoms with Crippen LogP contribution in [0.2, 0.25) is 0 Å². The van der Waals surface area contributed by atoms with E-state index in [1.165, 1.54) is 12.1 Å². The highest BCUT2D eigenvalue weighted by Crippen LogP contribution is 2.23. The van der Waals surface area contributed by atoms with E-state index in [0.717, 1.165) is 17.3 Å². The molecule has 0 aliphatic carbocycles. The highest BCUT2D eigenvalue weighted by atomic mass is 16.6. The molecular weight excluding hydrogens is 358 g/mol. The zero-order valence-corrected chi connectivity index (χ0v) is 14.6. The Morgan fingerprint density at radius 1 is 0.786 bits per heavy atom. The Morgan fingerprint density at radius 3 is 1.86 bits per heavy atom. The van der Waals surface area contributed by atoms with Gasteiger partial charge in [0.15, 0.2) is 0 Å². The number of anilines is 1. The molecule has 0 amide bonds. The van der Waals surface area contributed by atoms with E-state index in [9.17, 15) is 20.2 Å². The van der Waals surface area contributed by atoms with Crippen LogP contribution in [0.3, 0.4) is 0 Å². The summed E-state index contributed by atoms with van der Waals surface area (Å²) in [5.41, 5.74) is 1.22. The molecule has 3 aromatic carbocycles. The van der Waals surface area contributed by atoms with Crippen molar-refractivity contribution in [2.45, 2.75) is 6.04 Å². The van der Waals surface area contributed by atoms with E-state index in [0.29, 0.717) is 0 Å². The number of rotatable bonds is 5. The Hall–Kier alpha value is -4.18. The molecule has 28 heavy (non-hydrogen) atoms. The zero-order valence-electron chi connectivity index (χ0n) is 14.6. The fourth-order valence-electron chi connectivity index (χ4n) is 2.58. The summed E-state index contributed by atoms with van der Waals surface area (Å²) in [6.45, 7) is 0. The highest BCUT2D eigenvalue weighted by Gasteiger charge is 2.16. The standard InChI is InChI=1S/C21H15N3O4/c25-23(26)19-13-16(14-20(15-19)24(27)28)11-12-21(17-7-3-1-4-8-17)22-18-9-5-2-6-10-18/h1-10,13-15,21-22H/t21-/m0/s1. The fourth-order valence-corrected chi connectivity index (χ4v) is 2.58. The molecule has 0 fully saturated rings. The summed E-state index contributed by atoms with van der Waals surface area (Å²) < 4.78 is 0. The monoisotopic (exact) mass is 373 g/mol. The molecule has 0 aliphatic rings. The van der Waals surface area contributed by atoms with Crippen molar-refractivity contribution >= 4 is 17.1 Å². The Bertz CT molecular complexity index is 1030. The molecule has 0 saturated heterocycles. The first-order valence-corrected chi connectivity index (χ1v) is 8.35. The van der Waals surface area contributed by atoms with Gasteiger partial charge < -0.3 is 5.32 Å². The summed E-state index contributed by atoms with van der Waals surface area (Å²) >= 11 is 0. The van der Waals surface area contributed by atoms with Gasteiger partial charge >= 0.3 is 0 Å². The smallest absolute Gasteiger partial charge is 0.277 e. The molecule has 0 spiro atoms. The lowest BCUT2D eigenvalue weighted by molar-refractivity contribution is -0.394. The Labute approximate surface area is 160 Å². The summed E-state index contributed by atoms with van der Waals surface area (Å²) in [5, 5.41) is 25.4. The molecule has 0 aromatic heterocycles. The van der Waals surface area contributed by atoms with Crippen molar-refractivity contribution in [2.75, 3.05) is 5.32 Å². The van der Waals surface area contributed by atoms with Crippen LogP contribution in [0.4, 0.5) is 17.1 Å². The lowest BCUT2D eigenvalue weighted by atomic mass is 10.1. The van der Waals surface area contributed by atoms with Crippen molar-refractivity contribution in [3.63, 3.8) is 0 Å². The SMILES string of the molecule is O=[N+]([O-])c1cc(C#C[C@H](Nc2ccccc2)c2ccccc2)cc([N+](=O)[O-])c1. The van der Waals surface area contributed by atoms with Gasteiger partial charge in [-0.15, -0.1) is 0 Å². The Kier molecular flexibility index (Phi) is 5.63. The van der Waals surface area contributed by atoms with Crippen LogP contribution >= 0.6 is 0 Å². The Morgan fingerprint density at radius 2 is 1.32 bits per heavy atom. The van der Waals surface area contributed by atoms with Gasteiger partial charge in [0.25, 0.3) is 11.4 Å². The van der Waals surface area contributed by atoms with E-state index in [-0.39, 0.29) is 16.9 Å². The molecule has 0 saturated carbocycles. The minimum absolute atomic E-state index is 0.205. The third-order valence-corrected chi connectivity index (χ3v) is 3.90. The number of hydrogen-bond donors (Lipinski definition) is 1. The molecule has 7 heteroatoms. The van der Waals surface area contributed by atoms with Crippen molar-refractivity contribution in [3.05, 3.63) is 110 Å². The molecule has 3 aromatic rings. The summed E-state index contributed by atoms with van der Waals surface area (Å²) in [5.74, 6) is 5.86. The second-order valence-electron chi connectivity index (χ2n) is 5.88.